The normalized spacial score (nSPS) is 9.15. The number of pyridine rings is 2. The number of ether oxygens (including phenoxy) is 1. The highest BCUT2D eigenvalue weighted by atomic mass is 32.2. The van der Waals surface area contributed by atoms with Crippen LogP contribution in [0, 0.1) is 13.8 Å². The van der Waals surface area contributed by atoms with E-state index in [1.165, 1.54) is 11.8 Å². The average Bonchev–Trinajstić information content (AvgIpc) is 2.63. The summed E-state index contributed by atoms with van der Waals surface area (Å²) in [6, 6.07) is 3.77. The minimum Gasteiger partial charge on any atom is -0.415 e. The number of anilines is 1. The van der Waals surface area contributed by atoms with Crippen LogP contribution in [0.2, 0.25) is 0 Å². The fourth-order valence-electron chi connectivity index (χ4n) is 1.50. The minimum atomic E-state index is -0.549. The Balaban J connectivity index is 0.000000458. The molecule has 0 fully saturated rings. The third-order valence-corrected chi connectivity index (χ3v) is 3.25. The van der Waals surface area contributed by atoms with Crippen molar-refractivity contribution >= 4 is 35.0 Å². The van der Waals surface area contributed by atoms with Crippen LogP contribution in [-0.2, 0) is 4.28 Å². The first-order valence-corrected chi connectivity index (χ1v) is 9.86. The minimum absolute atomic E-state index is 0.405. The highest BCUT2D eigenvalue weighted by Crippen LogP contribution is 2.14. The smallest absolute Gasteiger partial charge is 0.402 e. The van der Waals surface area contributed by atoms with Gasteiger partial charge in [-0.15, -0.1) is 0 Å². The predicted molar refractivity (Wildman–Crippen MR) is 110 cm³/mol. The van der Waals surface area contributed by atoms with E-state index < -0.39 is 5.30 Å². The van der Waals surface area contributed by atoms with Crippen molar-refractivity contribution in [1.29, 1.82) is 0 Å². The van der Waals surface area contributed by atoms with Gasteiger partial charge in [0.05, 0.1) is 18.1 Å². The Morgan fingerprint density at radius 3 is 2.19 bits per heavy atom. The van der Waals surface area contributed by atoms with E-state index in [1.54, 1.807) is 31.3 Å². The van der Waals surface area contributed by atoms with Crippen LogP contribution < -0.4 is 14.9 Å². The lowest BCUT2D eigenvalue weighted by Crippen LogP contribution is -2.07. The Bertz CT molecular complexity index is 645. The van der Waals surface area contributed by atoms with Gasteiger partial charge < -0.3 is 9.46 Å². The second-order valence-corrected chi connectivity index (χ2v) is 5.76. The van der Waals surface area contributed by atoms with Crippen molar-refractivity contribution < 1.29 is 13.8 Å². The summed E-state index contributed by atoms with van der Waals surface area (Å²) in [5.74, 6) is 0.405. The fourth-order valence-corrected chi connectivity index (χ4v) is 2.13. The van der Waals surface area contributed by atoms with Gasteiger partial charge in [-0.2, -0.15) is 5.48 Å². The molecule has 7 nitrogen and oxygen atoms in total. The summed E-state index contributed by atoms with van der Waals surface area (Å²) in [6.07, 6.45) is 8.77. The number of nitrogens with one attached hydrogen (secondary N) is 2. The first kappa shape index (κ1) is 24.2. The summed E-state index contributed by atoms with van der Waals surface area (Å²) >= 11 is 2.15. The number of rotatable bonds is 5. The third-order valence-electron chi connectivity index (χ3n) is 2.34. The quantitative estimate of drug-likeness (QED) is 0.319. The van der Waals surface area contributed by atoms with Crippen molar-refractivity contribution in [3.05, 3.63) is 48.0 Å². The highest BCUT2D eigenvalue weighted by Gasteiger charge is 2.06. The molecule has 0 atom stereocenters. The molecule has 2 aromatic heterocycles. The summed E-state index contributed by atoms with van der Waals surface area (Å²) in [4.78, 5) is 18.9. The molecule has 0 aliphatic heterocycles. The monoisotopic (exact) mass is 398 g/mol. The zero-order valence-corrected chi connectivity index (χ0v) is 17.5. The predicted octanol–water partition coefficient (Wildman–Crippen LogP) is 4.79. The second-order valence-electron chi connectivity index (χ2n) is 4.48. The molecule has 0 aliphatic carbocycles. The number of carbonyl (C=O) groups excluding carboxylic acids is 1. The van der Waals surface area contributed by atoms with E-state index in [4.69, 9.17) is 4.74 Å². The Kier molecular flexibility index (Phi) is 14.4. The molecule has 0 spiro atoms. The van der Waals surface area contributed by atoms with Crippen LogP contribution in [-0.4, -0.2) is 28.6 Å². The van der Waals surface area contributed by atoms with E-state index in [0.717, 1.165) is 11.3 Å². The van der Waals surface area contributed by atoms with Gasteiger partial charge in [0, 0.05) is 25.7 Å². The number of aryl methyl sites for hydroxylation is 2. The number of nitrogens with zero attached hydrogens (tertiary/aromatic N) is 2. The zero-order chi connectivity index (χ0) is 19.8. The maximum Gasteiger partial charge on any atom is 0.402 e. The van der Waals surface area contributed by atoms with Crippen molar-refractivity contribution in [1.82, 2.24) is 15.4 Å². The Hall–Kier alpha value is -1.81. The number of hydrogen-bond donors (Lipinski definition) is 2. The van der Waals surface area contributed by atoms with Gasteiger partial charge in [0.25, 0.3) is 0 Å². The first-order chi connectivity index (χ1) is 12.5. The van der Waals surface area contributed by atoms with E-state index in [-0.39, 0.29) is 0 Å². The molecule has 0 unspecified atom stereocenters. The zero-order valence-electron chi connectivity index (χ0n) is 15.9. The summed E-state index contributed by atoms with van der Waals surface area (Å²) in [6.45, 7) is 7.89. The molecule has 0 aliphatic rings. The van der Waals surface area contributed by atoms with Crippen LogP contribution in [0.5, 0.6) is 5.75 Å². The molecule has 0 saturated heterocycles. The molecule has 0 radical (unpaired) electrons. The largest absolute Gasteiger partial charge is 0.415 e. The van der Waals surface area contributed by atoms with Crippen molar-refractivity contribution in [3.8, 4) is 5.75 Å². The second kappa shape index (κ2) is 15.4. The van der Waals surface area contributed by atoms with Gasteiger partial charge in [-0.3, -0.25) is 9.97 Å². The summed E-state index contributed by atoms with van der Waals surface area (Å²) in [5.41, 5.74) is 5.51. The van der Waals surface area contributed by atoms with E-state index in [2.05, 4.69) is 30.5 Å². The molecular weight excluding hydrogens is 372 g/mol. The first-order valence-electron chi connectivity index (χ1n) is 7.89. The highest BCUT2D eigenvalue weighted by molar-refractivity contribution is 8.09. The molecule has 0 aromatic carbocycles. The molecule has 0 bridgehead atoms. The molecule has 0 saturated carbocycles. The lowest BCUT2D eigenvalue weighted by Gasteiger charge is -2.02. The molecule has 2 rings (SSSR count). The molecule has 2 N–H and O–H groups in total. The van der Waals surface area contributed by atoms with E-state index in [1.807, 2.05) is 46.3 Å². The molecule has 2 aromatic rings. The number of hydrogen-bond acceptors (Lipinski definition) is 9. The van der Waals surface area contributed by atoms with E-state index in [0.29, 0.717) is 17.8 Å². The van der Waals surface area contributed by atoms with Crippen molar-refractivity contribution in [2.75, 3.05) is 18.0 Å². The third kappa shape index (κ3) is 11.7. The molecule has 9 heteroatoms. The fraction of sp³-hybridized carbons (Fsp3) is 0.353. The van der Waals surface area contributed by atoms with Crippen LogP contribution in [0.3, 0.4) is 0 Å². The van der Waals surface area contributed by atoms with Crippen LogP contribution in [0.4, 0.5) is 10.5 Å². The molecule has 2 heterocycles. The van der Waals surface area contributed by atoms with Gasteiger partial charge in [-0.25, -0.2) is 9.08 Å². The Labute approximate surface area is 164 Å². The lowest BCUT2D eigenvalue weighted by atomic mass is 10.3. The van der Waals surface area contributed by atoms with Gasteiger partial charge in [-0.05, 0) is 37.1 Å². The van der Waals surface area contributed by atoms with E-state index >= 15 is 0 Å². The number of carbonyl (C=O) groups is 1. The summed E-state index contributed by atoms with van der Waals surface area (Å²) in [7, 11) is 1.55. The Morgan fingerprint density at radius 2 is 1.65 bits per heavy atom. The standard InChI is InChI=1S/C8H10N2O3S.C7H10N2S.C2H6/c1-6-3-7(5-10-4-6)12-8(11)14-13-9-2;1-6-3-7(9-10-2)5-8-4-6;1-2/h3-5,9H,1-2H3;3-5,9H,1-2H3;1-2H3. The van der Waals surface area contributed by atoms with Crippen LogP contribution in [0.1, 0.15) is 25.0 Å². The van der Waals surface area contributed by atoms with Crippen LogP contribution in [0.15, 0.2) is 36.9 Å². The van der Waals surface area contributed by atoms with Gasteiger partial charge >= 0.3 is 5.30 Å². The topological polar surface area (TPSA) is 85.4 Å². The molecule has 26 heavy (non-hydrogen) atoms. The maximum atomic E-state index is 11.0. The summed E-state index contributed by atoms with van der Waals surface area (Å²) < 4.78 is 12.6. The maximum absolute atomic E-state index is 11.0. The number of aromatic nitrogens is 2. The van der Waals surface area contributed by atoms with Gasteiger partial charge in [0.1, 0.15) is 17.8 Å². The number of hydroxylamine groups is 1. The lowest BCUT2D eigenvalue weighted by molar-refractivity contribution is 0.218. The SMILES string of the molecule is CC.CNOSC(=O)Oc1cncc(C)c1.CSNc1cncc(C)c1. The van der Waals surface area contributed by atoms with Crippen molar-refractivity contribution in [2.24, 2.45) is 0 Å². The van der Waals surface area contributed by atoms with Crippen LogP contribution in [0.25, 0.3) is 0 Å². The van der Waals surface area contributed by atoms with Gasteiger partial charge in [-0.1, -0.05) is 25.8 Å². The van der Waals surface area contributed by atoms with Gasteiger partial charge in [0.15, 0.2) is 0 Å². The molecule has 0 amide bonds. The van der Waals surface area contributed by atoms with Gasteiger partial charge in [0.2, 0.25) is 0 Å². The van der Waals surface area contributed by atoms with Crippen LogP contribution >= 0.6 is 24.0 Å². The summed E-state index contributed by atoms with van der Waals surface area (Å²) in [5, 5.41) is -0.549. The molecular formula is C17H26N4O3S2. The van der Waals surface area contributed by atoms with Crippen molar-refractivity contribution in [3.63, 3.8) is 0 Å². The van der Waals surface area contributed by atoms with E-state index in [9.17, 15) is 4.79 Å². The molecule has 144 valence electrons. The van der Waals surface area contributed by atoms with Crippen molar-refractivity contribution in [2.45, 2.75) is 27.7 Å². The Morgan fingerprint density at radius 1 is 1.04 bits per heavy atom. The average molecular weight is 399 g/mol.